The number of alkyl halides is 2. The van der Waals surface area contributed by atoms with E-state index in [1.807, 2.05) is 0 Å². The first-order valence-electron chi connectivity index (χ1n) is 1.03. The first-order chi connectivity index (χ1) is 1.91. The molecule has 0 nitrogen and oxygen atoms in total. The van der Waals surface area contributed by atoms with E-state index in [1.165, 1.54) is 0 Å². The van der Waals surface area contributed by atoms with Crippen LogP contribution >= 0.6 is 23.2 Å². The van der Waals surface area contributed by atoms with Crippen LogP contribution in [0.25, 0.3) is 0 Å². The molecule has 0 fully saturated rings. The van der Waals surface area contributed by atoms with Gasteiger partial charge in [0.2, 0.25) is 0 Å². The SMILES string of the molecule is ClCCCl.F. The van der Waals surface area contributed by atoms with E-state index in [4.69, 9.17) is 23.2 Å². The minimum atomic E-state index is 0. The molecule has 0 bridgehead atoms. The van der Waals surface area contributed by atoms with Gasteiger partial charge in [-0.15, -0.1) is 23.2 Å². The maximum atomic E-state index is 5.05. The third-order valence-corrected chi connectivity index (χ3v) is 0.643. The number of hydrogen-bond donors (Lipinski definition) is 0. The monoisotopic (exact) mass is 118 g/mol. The molecule has 0 aromatic rings. The van der Waals surface area contributed by atoms with Crippen LogP contribution in [0.2, 0.25) is 0 Å². The average molecular weight is 119 g/mol. The van der Waals surface area contributed by atoms with Crippen molar-refractivity contribution in [2.45, 2.75) is 0 Å². The third-order valence-electron chi connectivity index (χ3n) is 0.0714. The average Bonchev–Trinajstić information content (AvgIpc) is 1.37. The van der Waals surface area contributed by atoms with Gasteiger partial charge in [0, 0.05) is 11.8 Å². The van der Waals surface area contributed by atoms with Gasteiger partial charge in [-0.1, -0.05) is 0 Å². The number of hydrogen-bond acceptors (Lipinski definition) is 0. The van der Waals surface area contributed by atoms with E-state index in [1.54, 1.807) is 0 Å². The largest absolute Gasteiger partial charge is 0.269 e. The molecule has 0 aromatic heterocycles. The Bertz CT molecular complexity index is 9.61. The summed E-state index contributed by atoms with van der Waals surface area (Å²) < 4.78 is 0. The van der Waals surface area contributed by atoms with E-state index >= 15 is 0 Å². The predicted molar refractivity (Wildman–Crippen MR) is 23.9 cm³/mol. The van der Waals surface area contributed by atoms with Crippen molar-refractivity contribution in [3.63, 3.8) is 0 Å². The summed E-state index contributed by atoms with van der Waals surface area (Å²) in [5.74, 6) is 1.11. The fraction of sp³-hybridized carbons (Fsp3) is 1.00. The highest BCUT2D eigenvalue weighted by molar-refractivity contribution is 6.25. The molecule has 0 amide bonds. The lowest BCUT2D eigenvalue weighted by atomic mass is 11.0. The summed E-state index contributed by atoms with van der Waals surface area (Å²) in [5.41, 5.74) is 0. The summed E-state index contributed by atoms with van der Waals surface area (Å²) in [7, 11) is 0. The molecule has 34 valence electrons. The molecular formula is C2H5Cl2F. The molecule has 0 atom stereocenters. The Balaban J connectivity index is 0. The van der Waals surface area contributed by atoms with Gasteiger partial charge in [-0.05, 0) is 0 Å². The van der Waals surface area contributed by atoms with Crippen LogP contribution in [0, 0.1) is 0 Å². The second-order valence-electron chi connectivity index (χ2n) is 0.378. The lowest BCUT2D eigenvalue weighted by Gasteiger charge is -1.63. The molecule has 0 unspecified atom stereocenters. The van der Waals surface area contributed by atoms with Crippen molar-refractivity contribution in [1.29, 1.82) is 0 Å². The maximum Gasteiger partial charge on any atom is 0.0359 e. The molecule has 0 saturated heterocycles. The molecule has 5 heavy (non-hydrogen) atoms. The van der Waals surface area contributed by atoms with Crippen LogP contribution in [0.3, 0.4) is 0 Å². The first kappa shape index (κ1) is 9.10. The van der Waals surface area contributed by atoms with Crippen LogP contribution in [-0.4, -0.2) is 11.8 Å². The Morgan fingerprint density at radius 1 is 1.00 bits per heavy atom. The summed E-state index contributed by atoms with van der Waals surface area (Å²) in [4.78, 5) is 0. The van der Waals surface area contributed by atoms with Crippen molar-refractivity contribution in [2.24, 2.45) is 0 Å². The predicted octanol–water partition coefficient (Wildman–Crippen LogP) is 1.62. The minimum Gasteiger partial charge on any atom is -0.269 e. The summed E-state index contributed by atoms with van der Waals surface area (Å²) in [6, 6.07) is 0. The van der Waals surface area contributed by atoms with Crippen LogP contribution in [0.5, 0.6) is 0 Å². The molecule has 0 heterocycles. The van der Waals surface area contributed by atoms with Gasteiger partial charge >= 0.3 is 0 Å². The van der Waals surface area contributed by atoms with Gasteiger partial charge in [0.15, 0.2) is 0 Å². The van der Waals surface area contributed by atoms with Gasteiger partial charge in [0.1, 0.15) is 0 Å². The summed E-state index contributed by atoms with van der Waals surface area (Å²) >= 11 is 10.1. The number of rotatable bonds is 1. The van der Waals surface area contributed by atoms with Gasteiger partial charge < -0.3 is 0 Å². The molecule has 0 radical (unpaired) electrons. The highest BCUT2D eigenvalue weighted by Gasteiger charge is 1.61. The van der Waals surface area contributed by atoms with Crippen molar-refractivity contribution < 1.29 is 4.70 Å². The molecule has 0 aliphatic heterocycles. The van der Waals surface area contributed by atoms with Crippen molar-refractivity contribution in [1.82, 2.24) is 0 Å². The topological polar surface area (TPSA) is 0 Å². The highest BCUT2D eigenvalue weighted by atomic mass is 35.5. The van der Waals surface area contributed by atoms with Gasteiger partial charge in [0.25, 0.3) is 0 Å². The zero-order chi connectivity index (χ0) is 3.41. The molecule has 0 saturated carbocycles. The molecule has 0 N–H and O–H groups in total. The molecule has 0 aliphatic carbocycles. The molecule has 0 aromatic carbocycles. The summed E-state index contributed by atoms with van der Waals surface area (Å²) in [5, 5.41) is 0. The van der Waals surface area contributed by atoms with Crippen LogP contribution < -0.4 is 0 Å². The van der Waals surface area contributed by atoms with Gasteiger partial charge in [-0.25, -0.2) is 0 Å². The van der Waals surface area contributed by atoms with Crippen molar-refractivity contribution in [3.05, 3.63) is 0 Å². The van der Waals surface area contributed by atoms with Crippen molar-refractivity contribution in [2.75, 3.05) is 11.8 Å². The standard InChI is InChI=1S/C2H4Cl2.FH/c3-1-2-4;/h1-2H2;1H. The normalized spacial score (nSPS) is 6.00. The van der Waals surface area contributed by atoms with E-state index in [0.717, 1.165) is 0 Å². The molecule has 0 rings (SSSR count). The summed E-state index contributed by atoms with van der Waals surface area (Å²) in [6.07, 6.45) is 0. The van der Waals surface area contributed by atoms with Crippen molar-refractivity contribution >= 4 is 23.2 Å². The Hall–Kier alpha value is 0.510. The Morgan fingerprint density at radius 3 is 1.20 bits per heavy atom. The number of halogens is 3. The van der Waals surface area contributed by atoms with E-state index in [-0.39, 0.29) is 4.70 Å². The second kappa shape index (κ2) is 8.82. The maximum absolute atomic E-state index is 5.05. The van der Waals surface area contributed by atoms with E-state index in [2.05, 4.69) is 0 Å². The van der Waals surface area contributed by atoms with E-state index in [9.17, 15) is 0 Å². The second-order valence-corrected chi connectivity index (χ2v) is 1.13. The minimum absolute atomic E-state index is 0. The van der Waals surface area contributed by atoms with Crippen LogP contribution in [0.1, 0.15) is 0 Å². The van der Waals surface area contributed by atoms with Gasteiger partial charge in [-0.3, -0.25) is 4.70 Å². The van der Waals surface area contributed by atoms with Crippen molar-refractivity contribution in [3.8, 4) is 0 Å². The first-order valence-corrected chi connectivity index (χ1v) is 2.10. The zero-order valence-electron chi connectivity index (χ0n) is 2.58. The van der Waals surface area contributed by atoms with E-state index in [0.29, 0.717) is 11.8 Å². The smallest absolute Gasteiger partial charge is 0.0359 e. The molecule has 0 aliphatic rings. The highest BCUT2D eigenvalue weighted by Crippen LogP contribution is 1.75. The molecule has 0 spiro atoms. The molecular weight excluding hydrogens is 114 g/mol. The fourth-order valence-electron chi connectivity index (χ4n) is 0. The molecule has 3 heteroatoms. The lowest BCUT2D eigenvalue weighted by Crippen LogP contribution is -1.63. The van der Waals surface area contributed by atoms with Crippen LogP contribution in [0.15, 0.2) is 0 Å². The Kier molecular flexibility index (Phi) is 16.0. The summed E-state index contributed by atoms with van der Waals surface area (Å²) in [6.45, 7) is 0. The fourth-order valence-corrected chi connectivity index (χ4v) is 0. The lowest BCUT2D eigenvalue weighted by molar-refractivity contribution is 1.11. The van der Waals surface area contributed by atoms with Gasteiger partial charge in [0.05, 0.1) is 0 Å². The van der Waals surface area contributed by atoms with E-state index < -0.39 is 0 Å². The van der Waals surface area contributed by atoms with Crippen LogP contribution in [-0.2, 0) is 0 Å². The quantitative estimate of drug-likeness (QED) is 0.460. The third kappa shape index (κ3) is 12.5. The zero-order valence-corrected chi connectivity index (χ0v) is 4.09. The Labute approximate surface area is 40.4 Å². The Morgan fingerprint density at radius 2 is 1.20 bits per heavy atom. The van der Waals surface area contributed by atoms with Gasteiger partial charge in [-0.2, -0.15) is 0 Å². The van der Waals surface area contributed by atoms with Crippen LogP contribution in [0.4, 0.5) is 4.70 Å².